The van der Waals surface area contributed by atoms with Gasteiger partial charge in [-0.25, -0.2) is 0 Å². The summed E-state index contributed by atoms with van der Waals surface area (Å²) in [5.41, 5.74) is 2.68. The number of hydrogen-bond donors (Lipinski definition) is 0. The molecular weight excluding hydrogens is 326 g/mol. The van der Waals surface area contributed by atoms with Gasteiger partial charge in [0.05, 0.1) is 17.0 Å². The summed E-state index contributed by atoms with van der Waals surface area (Å²) < 4.78 is 0. The molecule has 0 unspecified atom stereocenters. The van der Waals surface area contributed by atoms with Gasteiger partial charge in [0.2, 0.25) is 0 Å². The average Bonchev–Trinajstić information content (AvgIpc) is 3.13. The van der Waals surface area contributed by atoms with E-state index in [4.69, 9.17) is 0 Å². The third-order valence-electron chi connectivity index (χ3n) is 3.64. The van der Waals surface area contributed by atoms with Crippen molar-refractivity contribution < 1.29 is 9.59 Å². The number of amides is 2. The lowest BCUT2D eigenvalue weighted by Gasteiger charge is -2.15. The number of thiophene rings is 1. The molecule has 118 valence electrons. The van der Waals surface area contributed by atoms with Gasteiger partial charge < -0.3 is 0 Å². The number of imide groups is 1. The van der Waals surface area contributed by atoms with E-state index in [0.717, 1.165) is 21.8 Å². The quantitative estimate of drug-likeness (QED) is 0.767. The monoisotopic (exact) mass is 343 g/mol. The van der Waals surface area contributed by atoms with Crippen molar-refractivity contribution in [1.29, 1.82) is 0 Å². The van der Waals surface area contributed by atoms with Crippen LogP contribution in [-0.2, 0) is 16.1 Å². The van der Waals surface area contributed by atoms with Crippen molar-refractivity contribution in [3.63, 3.8) is 0 Å². The van der Waals surface area contributed by atoms with E-state index in [9.17, 15) is 9.59 Å². The predicted octanol–water partition coefficient (Wildman–Crippen LogP) is 4.09. The fraction of sp³-hybridized carbons (Fsp3) is 0.222. The molecule has 1 aromatic heterocycles. The average molecular weight is 343 g/mol. The number of aryl methyl sites for hydroxylation is 1. The molecule has 1 aliphatic heterocycles. The highest BCUT2D eigenvalue weighted by atomic mass is 32.2. The Balaban J connectivity index is 1.92. The Bertz CT molecular complexity index is 761. The molecule has 2 amide bonds. The van der Waals surface area contributed by atoms with Crippen LogP contribution >= 0.6 is 23.1 Å². The first-order valence-electron chi connectivity index (χ1n) is 7.44. The SMILES string of the molecule is CCSC1=C(c2cccs2)C(=O)N(Cc2ccc(C)cc2)C1=O. The van der Waals surface area contributed by atoms with Crippen molar-refractivity contribution in [2.24, 2.45) is 0 Å². The van der Waals surface area contributed by atoms with Gasteiger partial charge in [-0.15, -0.1) is 23.1 Å². The Labute approximate surface area is 144 Å². The van der Waals surface area contributed by atoms with Gasteiger partial charge in [0, 0.05) is 4.88 Å². The van der Waals surface area contributed by atoms with Gasteiger partial charge in [-0.05, 0) is 29.7 Å². The smallest absolute Gasteiger partial charge is 0.268 e. The Morgan fingerprint density at radius 2 is 1.83 bits per heavy atom. The van der Waals surface area contributed by atoms with Crippen LogP contribution in [0.3, 0.4) is 0 Å². The lowest BCUT2D eigenvalue weighted by atomic mass is 10.1. The molecule has 0 saturated carbocycles. The lowest BCUT2D eigenvalue weighted by Crippen LogP contribution is -2.30. The molecule has 0 saturated heterocycles. The van der Waals surface area contributed by atoms with E-state index in [1.807, 2.05) is 55.6 Å². The molecule has 0 fully saturated rings. The van der Waals surface area contributed by atoms with Crippen LogP contribution in [0.4, 0.5) is 0 Å². The van der Waals surface area contributed by atoms with Gasteiger partial charge in [-0.2, -0.15) is 0 Å². The highest BCUT2D eigenvalue weighted by Crippen LogP contribution is 2.38. The van der Waals surface area contributed by atoms with Crippen LogP contribution in [0, 0.1) is 6.92 Å². The number of carbonyl (C=O) groups excluding carboxylic acids is 2. The summed E-state index contributed by atoms with van der Waals surface area (Å²) in [6, 6.07) is 11.7. The van der Waals surface area contributed by atoms with E-state index in [1.54, 1.807) is 0 Å². The van der Waals surface area contributed by atoms with Gasteiger partial charge in [0.1, 0.15) is 0 Å². The first kappa shape index (κ1) is 16.0. The molecule has 1 aromatic carbocycles. The maximum Gasteiger partial charge on any atom is 0.268 e. The number of nitrogens with zero attached hydrogens (tertiary/aromatic N) is 1. The molecule has 3 nitrogen and oxygen atoms in total. The van der Waals surface area contributed by atoms with Gasteiger partial charge in [-0.1, -0.05) is 42.8 Å². The van der Waals surface area contributed by atoms with Crippen molar-refractivity contribution in [3.8, 4) is 0 Å². The third kappa shape index (κ3) is 3.12. The highest BCUT2D eigenvalue weighted by Gasteiger charge is 2.39. The zero-order chi connectivity index (χ0) is 16.4. The molecule has 5 heteroatoms. The molecule has 0 spiro atoms. The van der Waals surface area contributed by atoms with Crippen molar-refractivity contribution in [2.45, 2.75) is 20.4 Å². The Morgan fingerprint density at radius 1 is 1.09 bits per heavy atom. The largest absolute Gasteiger partial charge is 0.269 e. The maximum absolute atomic E-state index is 12.8. The lowest BCUT2D eigenvalue weighted by molar-refractivity contribution is -0.137. The summed E-state index contributed by atoms with van der Waals surface area (Å²) in [6.45, 7) is 4.33. The van der Waals surface area contributed by atoms with Gasteiger partial charge >= 0.3 is 0 Å². The molecule has 0 atom stereocenters. The predicted molar refractivity (Wildman–Crippen MR) is 96.1 cm³/mol. The van der Waals surface area contributed by atoms with E-state index in [1.165, 1.54) is 28.0 Å². The summed E-state index contributed by atoms with van der Waals surface area (Å²) in [5, 5.41) is 1.93. The molecule has 0 radical (unpaired) electrons. The van der Waals surface area contributed by atoms with Crippen LogP contribution in [0.2, 0.25) is 0 Å². The Morgan fingerprint density at radius 3 is 2.43 bits per heavy atom. The molecule has 0 aliphatic carbocycles. The zero-order valence-electron chi connectivity index (χ0n) is 13.0. The Hall–Kier alpha value is -1.85. The van der Waals surface area contributed by atoms with Crippen molar-refractivity contribution >= 4 is 40.5 Å². The van der Waals surface area contributed by atoms with Gasteiger partial charge in [0.15, 0.2) is 0 Å². The first-order chi connectivity index (χ1) is 11.1. The minimum absolute atomic E-state index is 0.175. The second-order valence-electron chi connectivity index (χ2n) is 5.30. The van der Waals surface area contributed by atoms with E-state index in [2.05, 4.69) is 0 Å². The molecule has 0 N–H and O–H groups in total. The second kappa shape index (κ2) is 6.72. The number of benzene rings is 1. The van der Waals surface area contributed by atoms with Crippen molar-refractivity contribution in [3.05, 3.63) is 62.7 Å². The molecule has 3 rings (SSSR count). The number of carbonyl (C=O) groups is 2. The van der Waals surface area contributed by atoms with Crippen LogP contribution in [-0.4, -0.2) is 22.5 Å². The normalized spacial score (nSPS) is 15.0. The summed E-state index contributed by atoms with van der Waals surface area (Å²) in [7, 11) is 0. The summed E-state index contributed by atoms with van der Waals surface area (Å²) in [5.74, 6) is 0.404. The molecule has 23 heavy (non-hydrogen) atoms. The molecular formula is C18H17NO2S2. The van der Waals surface area contributed by atoms with Gasteiger partial charge in [0.25, 0.3) is 11.8 Å². The minimum atomic E-state index is -0.186. The summed E-state index contributed by atoms with van der Waals surface area (Å²) >= 11 is 2.94. The second-order valence-corrected chi connectivity index (χ2v) is 7.52. The van der Waals surface area contributed by atoms with Gasteiger partial charge in [-0.3, -0.25) is 14.5 Å². The number of hydrogen-bond acceptors (Lipinski definition) is 4. The fourth-order valence-corrected chi connectivity index (χ4v) is 4.19. The third-order valence-corrected chi connectivity index (χ3v) is 5.49. The van der Waals surface area contributed by atoms with E-state index in [0.29, 0.717) is 17.0 Å². The van der Waals surface area contributed by atoms with Crippen LogP contribution in [0.5, 0.6) is 0 Å². The number of thioether (sulfide) groups is 1. The van der Waals surface area contributed by atoms with E-state index >= 15 is 0 Å². The highest BCUT2D eigenvalue weighted by molar-refractivity contribution is 8.04. The fourth-order valence-electron chi connectivity index (χ4n) is 2.49. The van der Waals surface area contributed by atoms with Crippen molar-refractivity contribution in [2.75, 3.05) is 5.75 Å². The molecule has 2 aromatic rings. The minimum Gasteiger partial charge on any atom is -0.269 e. The Kier molecular flexibility index (Phi) is 4.68. The molecule has 0 bridgehead atoms. The topological polar surface area (TPSA) is 37.4 Å². The zero-order valence-corrected chi connectivity index (χ0v) is 14.7. The maximum atomic E-state index is 12.8. The van der Waals surface area contributed by atoms with Crippen LogP contribution in [0.15, 0.2) is 46.7 Å². The summed E-state index contributed by atoms with van der Waals surface area (Å²) in [6.07, 6.45) is 0. The standard InChI is InChI=1S/C18H17NO2S2/c1-3-22-16-15(14-5-4-10-23-14)17(20)19(18(16)21)11-13-8-6-12(2)7-9-13/h4-10H,3,11H2,1-2H3. The van der Waals surface area contributed by atoms with E-state index < -0.39 is 0 Å². The van der Waals surface area contributed by atoms with Crippen LogP contribution in [0.1, 0.15) is 22.9 Å². The summed E-state index contributed by atoms with van der Waals surface area (Å²) in [4.78, 5) is 28.3. The van der Waals surface area contributed by atoms with Crippen LogP contribution < -0.4 is 0 Å². The van der Waals surface area contributed by atoms with Crippen LogP contribution in [0.25, 0.3) is 5.57 Å². The van der Waals surface area contributed by atoms with Crippen molar-refractivity contribution in [1.82, 2.24) is 4.90 Å². The molecule has 1 aliphatic rings. The molecule has 2 heterocycles. The van der Waals surface area contributed by atoms with E-state index in [-0.39, 0.29) is 11.8 Å². The number of rotatable bonds is 5. The first-order valence-corrected chi connectivity index (χ1v) is 9.31.